The molecule has 5 heteroatoms. The summed E-state index contributed by atoms with van der Waals surface area (Å²) in [7, 11) is 0. The standard InChI is InChI=1S/C19H13NO3S/c1-11-6-19(22)23-17-9-13(3-4-14(11)17)16(21)8-12-2-5-18-15(7-12)20-10-24-18/h2-7,9-10H,8H2,1H3. The van der Waals surface area contributed by atoms with E-state index in [4.69, 9.17) is 4.42 Å². The first-order valence-electron chi connectivity index (χ1n) is 7.50. The average molecular weight is 335 g/mol. The highest BCUT2D eigenvalue weighted by molar-refractivity contribution is 7.16. The summed E-state index contributed by atoms with van der Waals surface area (Å²) < 4.78 is 6.32. The molecule has 0 N–H and O–H groups in total. The highest BCUT2D eigenvalue weighted by atomic mass is 32.1. The molecular weight excluding hydrogens is 322 g/mol. The second-order valence-electron chi connectivity index (χ2n) is 5.71. The van der Waals surface area contributed by atoms with Gasteiger partial charge in [-0.25, -0.2) is 9.78 Å². The molecule has 0 saturated heterocycles. The predicted octanol–water partition coefficient (Wildman–Crippen LogP) is 4.14. The van der Waals surface area contributed by atoms with Crippen LogP contribution in [-0.2, 0) is 6.42 Å². The van der Waals surface area contributed by atoms with Crippen molar-refractivity contribution in [3.8, 4) is 0 Å². The molecule has 4 rings (SSSR count). The van der Waals surface area contributed by atoms with Crippen molar-refractivity contribution < 1.29 is 9.21 Å². The zero-order valence-corrected chi connectivity index (χ0v) is 13.7. The van der Waals surface area contributed by atoms with Crippen LogP contribution in [0.3, 0.4) is 0 Å². The minimum absolute atomic E-state index is 0.0179. The van der Waals surface area contributed by atoms with E-state index in [0.29, 0.717) is 11.1 Å². The average Bonchev–Trinajstić information content (AvgIpc) is 3.01. The smallest absolute Gasteiger partial charge is 0.336 e. The molecule has 0 fully saturated rings. The summed E-state index contributed by atoms with van der Waals surface area (Å²) in [6, 6.07) is 12.6. The molecule has 0 bridgehead atoms. The van der Waals surface area contributed by atoms with Gasteiger partial charge in [-0.15, -0.1) is 11.3 Å². The maximum Gasteiger partial charge on any atom is 0.336 e. The Hall–Kier alpha value is -2.79. The fourth-order valence-electron chi connectivity index (χ4n) is 2.80. The molecular formula is C19H13NO3S. The minimum atomic E-state index is -0.404. The fourth-order valence-corrected chi connectivity index (χ4v) is 3.46. The number of rotatable bonds is 3. The number of nitrogens with zero attached hydrogens (tertiary/aromatic N) is 1. The first-order chi connectivity index (χ1) is 11.6. The lowest BCUT2D eigenvalue weighted by Crippen LogP contribution is -2.04. The molecule has 0 aliphatic heterocycles. The van der Waals surface area contributed by atoms with E-state index < -0.39 is 5.63 Å². The van der Waals surface area contributed by atoms with Crippen molar-refractivity contribution in [2.75, 3.05) is 0 Å². The van der Waals surface area contributed by atoms with E-state index in [1.165, 1.54) is 6.07 Å². The number of fused-ring (bicyclic) bond motifs is 2. The Balaban J connectivity index is 1.68. The van der Waals surface area contributed by atoms with Gasteiger partial charge in [-0.1, -0.05) is 18.2 Å². The van der Waals surface area contributed by atoms with Gasteiger partial charge in [-0.05, 0) is 36.2 Å². The normalized spacial score (nSPS) is 11.2. The zero-order valence-electron chi connectivity index (χ0n) is 12.9. The van der Waals surface area contributed by atoms with Gasteiger partial charge in [-0.2, -0.15) is 0 Å². The molecule has 2 aromatic carbocycles. The Kier molecular flexibility index (Phi) is 3.50. The Morgan fingerprint density at radius 1 is 1.17 bits per heavy atom. The summed E-state index contributed by atoms with van der Waals surface area (Å²) in [4.78, 5) is 28.4. The van der Waals surface area contributed by atoms with Crippen LogP contribution in [-0.4, -0.2) is 10.8 Å². The Morgan fingerprint density at radius 2 is 2.04 bits per heavy atom. The molecule has 0 radical (unpaired) electrons. The topological polar surface area (TPSA) is 60.2 Å². The number of thiazole rings is 1. The van der Waals surface area contributed by atoms with Crippen molar-refractivity contribution in [3.05, 3.63) is 75.1 Å². The van der Waals surface area contributed by atoms with Gasteiger partial charge in [-0.3, -0.25) is 4.79 Å². The van der Waals surface area contributed by atoms with Crippen molar-refractivity contribution in [1.29, 1.82) is 0 Å². The van der Waals surface area contributed by atoms with E-state index in [2.05, 4.69) is 4.98 Å². The van der Waals surface area contributed by atoms with Crippen LogP contribution >= 0.6 is 11.3 Å². The van der Waals surface area contributed by atoms with Gasteiger partial charge in [0.1, 0.15) is 5.58 Å². The van der Waals surface area contributed by atoms with E-state index in [1.807, 2.05) is 31.2 Å². The third-order valence-electron chi connectivity index (χ3n) is 4.03. The second-order valence-corrected chi connectivity index (χ2v) is 6.60. The number of carbonyl (C=O) groups is 1. The molecule has 0 atom stereocenters. The molecule has 0 aliphatic rings. The van der Waals surface area contributed by atoms with Crippen LogP contribution < -0.4 is 5.63 Å². The van der Waals surface area contributed by atoms with Crippen LogP contribution in [0.2, 0.25) is 0 Å². The molecule has 2 aromatic heterocycles. The number of hydrogen-bond donors (Lipinski definition) is 0. The number of ketones is 1. The third-order valence-corrected chi connectivity index (χ3v) is 4.84. The summed E-state index contributed by atoms with van der Waals surface area (Å²) >= 11 is 1.58. The van der Waals surface area contributed by atoms with E-state index >= 15 is 0 Å². The molecule has 4 nitrogen and oxygen atoms in total. The van der Waals surface area contributed by atoms with Crippen LogP contribution in [0.15, 0.2) is 57.2 Å². The molecule has 118 valence electrons. The monoisotopic (exact) mass is 335 g/mol. The van der Waals surface area contributed by atoms with Crippen molar-refractivity contribution in [2.45, 2.75) is 13.3 Å². The highest BCUT2D eigenvalue weighted by Crippen LogP contribution is 2.21. The second kappa shape index (κ2) is 5.69. The number of hydrogen-bond acceptors (Lipinski definition) is 5. The largest absolute Gasteiger partial charge is 0.423 e. The molecule has 0 aliphatic carbocycles. The van der Waals surface area contributed by atoms with Crippen molar-refractivity contribution >= 4 is 38.3 Å². The molecule has 4 aromatic rings. The van der Waals surface area contributed by atoms with Crippen LogP contribution in [0.1, 0.15) is 21.5 Å². The Labute approximate surface area is 141 Å². The lowest BCUT2D eigenvalue weighted by Gasteiger charge is -2.05. The van der Waals surface area contributed by atoms with Crippen molar-refractivity contribution in [3.63, 3.8) is 0 Å². The van der Waals surface area contributed by atoms with Gasteiger partial charge >= 0.3 is 5.63 Å². The first kappa shape index (κ1) is 14.8. The van der Waals surface area contributed by atoms with E-state index in [9.17, 15) is 9.59 Å². The lowest BCUT2D eigenvalue weighted by atomic mass is 10.0. The summed E-state index contributed by atoms with van der Waals surface area (Å²) in [6.07, 6.45) is 0.287. The first-order valence-corrected chi connectivity index (χ1v) is 8.38. The summed E-state index contributed by atoms with van der Waals surface area (Å²) in [5, 5.41) is 0.843. The molecule has 0 saturated carbocycles. The maximum absolute atomic E-state index is 12.6. The SMILES string of the molecule is Cc1cc(=O)oc2cc(C(=O)Cc3ccc4scnc4c3)ccc12. The Bertz CT molecular complexity index is 1140. The van der Waals surface area contributed by atoms with Crippen LogP contribution in [0.4, 0.5) is 0 Å². The van der Waals surface area contributed by atoms with Gasteiger partial charge in [0.25, 0.3) is 0 Å². The van der Waals surface area contributed by atoms with Gasteiger partial charge < -0.3 is 4.42 Å². The summed E-state index contributed by atoms with van der Waals surface area (Å²) in [5.74, 6) is -0.0179. The summed E-state index contributed by atoms with van der Waals surface area (Å²) in [6.45, 7) is 1.85. The number of Topliss-reactive ketones (excluding diaryl/α,β-unsaturated/α-hetero) is 1. The number of carbonyl (C=O) groups excluding carboxylic acids is 1. The lowest BCUT2D eigenvalue weighted by molar-refractivity contribution is 0.0993. The maximum atomic E-state index is 12.6. The van der Waals surface area contributed by atoms with Gasteiger partial charge in [0.05, 0.1) is 15.7 Å². The molecule has 0 spiro atoms. The number of aromatic nitrogens is 1. The fraction of sp³-hybridized carbons (Fsp3) is 0.105. The molecule has 0 unspecified atom stereocenters. The van der Waals surface area contributed by atoms with E-state index in [0.717, 1.165) is 26.7 Å². The molecule has 24 heavy (non-hydrogen) atoms. The van der Waals surface area contributed by atoms with Crippen LogP contribution in [0, 0.1) is 6.92 Å². The molecule has 2 heterocycles. The third kappa shape index (κ3) is 2.63. The minimum Gasteiger partial charge on any atom is -0.423 e. The van der Waals surface area contributed by atoms with Crippen molar-refractivity contribution in [1.82, 2.24) is 4.98 Å². The molecule has 0 amide bonds. The summed E-state index contributed by atoms with van der Waals surface area (Å²) in [5.41, 5.74) is 5.04. The van der Waals surface area contributed by atoms with E-state index in [1.54, 1.807) is 29.0 Å². The van der Waals surface area contributed by atoms with Gasteiger partial charge in [0.15, 0.2) is 5.78 Å². The highest BCUT2D eigenvalue weighted by Gasteiger charge is 2.11. The quantitative estimate of drug-likeness (QED) is 0.417. The van der Waals surface area contributed by atoms with Crippen LogP contribution in [0.5, 0.6) is 0 Å². The van der Waals surface area contributed by atoms with Crippen molar-refractivity contribution in [2.24, 2.45) is 0 Å². The van der Waals surface area contributed by atoms with Crippen LogP contribution in [0.25, 0.3) is 21.2 Å². The zero-order chi connectivity index (χ0) is 16.7. The van der Waals surface area contributed by atoms with Gasteiger partial charge in [0, 0.05) is 23.4 Å². The number of aryl methyl sites for hydroxylation is 1. The predicted molar refractivity (Wildman–Crippen MR) is 94.9 cm³/mol. The van der Waals surface area contributed by atoms with Gasteiger partial charge in [0.2, 0.25) is 0 Å². The van der Waals surface area contributed by atoms with E-state index in [-0.39, 0.29) is 12.2 Å². The number of benzene rings is 2. The Morgan fingerprint density at radius 3 is 2.92 bits per heavy atom.